The van der Waals surface area contributed by atoms with Crippen LogP contribution in [0.1, 0.15) is 0 Å². The van der Waals surface area contributed by atoms with Crippen molar-refractivity contribution in [3.8, 4) is 0 Å². The fraction of sp³-hybridized carbons (Fsp3) is 0. The molecule has 103 valence electrons. The van der Waals surface area contributed by atoms with Crippen molar-refractivity contribution in [1.82, 2.24) is 0 Å². The van der Waals surface area contributed by atoms with Gasteiger partial charge < -0.3 is 0 Å². The van der Waals surface area contributed by atoms with Crippen LogP contribution < -0.4 is 14.5 Å². The molecule has 18 heavy (non-hydrogen) atoms. The zero-order valence-electron chi connectivity index (χ0n) is 7.73. The monoisotopic (exact) mass is 686 g/mol. The van der Waals surface area contributed by atoms with E-state index in [1.807, 2.05) is 0 Å². The fourth-order valence-electron chi connectivity index (χ4n) is 0. The van der Waals surface area contributed by atoms with Crippen LogP contribution in [-0.4, -0.2) is 0 Å². The van der Waals surface area contributed by atoms with E-state index < -0.39 is 75.1 Å². The van der Waals surface area contributed by atoms with Gasteiger partial charge in [0.25, 0.3) is 0 Å². The Morgan fingerprint density at radius 3 is 0.444 bits per heavy atom. The Morgan fingerprint density at radius 2 is 0.444 bits per heavy atom. The molecule has 12 nitrogen and oxygen atoms in total. The number of hydrogen-bond acceptors (Lipinski definition) is 12. The fourth-order valence-corrected chi connectivity index (χ4v) is 0. The Bertz CT molecular complexity index is 298. The molecule has 0 N–H and O–H groups in total. The molecule has 0 aromatic rings. The minimum absolute atomic E-state index is 0. The van der Waals surface area contributed by atoms with E-state index in [4.69, 9.17) is 40.5 Å². The van der Waals surface area contributed by atoms with Gasteiger partial charge in [-0.3, -0.25) is 0 Å². The van der Waals surface area contributed by atoms with Crippen molar-refractivity contribution < 1.29 is 152 Å². The van der Waals surface area contributed by atoms with E-state index in [0.717, 1.165) is 0 Å². The molecule has 0 aromatic carbocycles. The van der Waals surface area contributed by atoms with Crippen molar-refractivity contribution in [2.45, 2.75) is 0 Å². The zero-order chi connectivity index (χ0) is 14.3. The van der Waals surface area contributed by atoms with E-state index in [9.17, 15) is 0 Å². The van der Waals surface area contributed by atoms with Crippen molar-refractivity contribution in [2.24, 2.45) is 0 Å². The van der Waals surface area contributed by atoms with Gasteiger partial charge in [0.1, 0.15) is 0 Å². The molecule has 0 unspecified atom stereocenters. The van der Waals surface area contributed by atoms with Crippen LogP contribution >= 0.6 is 0 Å². The molecule has 0 saturated heterocycles. The van der Waals surface area contributed by atoms with E-state index in [0.29, 0.717) is 0 Å². The normalized spacial score (nSPS) is 5.56. The van der Waals surface area contributed by atoms with Crippen LogP contribution in [0.2, 0.25) is 0 Å². The second kappa shape index (κ2) is 31.6. The summed E-state index contributed by atoms with van der Waals surface area (Å²) in [4.78, 5) is 0. The third-order valence-corrected chi connectivity index (χ3v) is 0. The summed E-state index contributed by atoms with van der Waals surface area (Å²) in [5.41, 5.74) is 0. The third-order valence-electron chi connectivity index (χ3n) is 0. The SMILES string of the molecule is [Co+2].[O]=[Nb](=[O])[O-].[O]=[Nb](=[O])[O-].[O]=[Nb](=[O])[O-].[O]=[Nb](=[O])[O-].[Zn+2]. The van der Waals surface area contributed by atoms with Crippen LogP contribution in [0.5, 0.6) is 0 Å². The largest absolute Gasteiger partial charge is 2.00 e. The minimum Gasteiger partial charge on any atom is 2.00 e. The first-order valence-corrected chi connectivity index (χ1v) is 13.0. The van der Waals surface area contributed by atoms with Crippen LogP contribution in [0.15, 0.2) is 0 Å². The van der Waals surface area contributed by atoms with E-state index >= 15 is 0 Å². The molecule has 0 rings (SSSR count). The first kappa shape index (κ1) is 37.0. The standard InChI is InChI=1S/Co.4Nb.12O.Zn/q+2;;;;;;;;;;;;;4*-1;+2. The van der Waals surface area contributed by atoms with E-state index in [2.05, 4.69) is 0 Å². The molecule has 0 heterocycles. The minimum atomic E-state index is -4.20. The molecule has 0 spiro atoms. The Morgan fingerprint density at radius 1 is 0.444 bits per heavy atom. The van der Waals surface area contributed by atoms with Crippen molar-refractivity contribution in [2.75, 3.05) is 0 Å². The molecule has 0 bridgehead atoms. The first-order chi connectivity index (χ1) is 6.93. The maximum atomic E-state index is 8.60. The van der Waals surface area contributed by atoms with Gasteiger partial charge in [-0.15, -0.1) is 0 Å². The molecular formula is CoNb4O12Zn. The maximum Gasteiger partial charge on any atom is 2.00 e. The van der Waals surface area contributed by atoms with Gasteiger partial charge in [0, 0.05) is 0 Å². The third kappa shape index (κ3) is 1010. The molecule has 0 aromatic heterocycles. The number of hydrogen-bond donors (Lipinski definition) is 0. The molecule has 0 aliphatic carbocycles. The van der Waals surface area contributed by atoms with Gasteiger partial charge in [0.05, 0.1) is 0 Å². The summed E-state index contributed by atoms with van der Waals surface area (Å²) >= 11 is -16.8. The van der Waals surface area contributed by atoms with Crippen LogP contribution in [0.3, 0.4) is 0 Å². The predicted octanol–water partition coefficient (Wildman–Crippen LogP) is -5.72. The summed E-state index contributed by atoms with van der Waals surface area (Å²) in [7, 11) is 0. The summed E-state index contributed by atoms with van der Waals surface area (Å²) < 4.78 is 103. The van der Waals surface area contributed by atoms with Gasteiger partial charge in [-0.05, 0) is 0 Å². The molecule has 0 atom stereocenters. The van der Waals surface area contributed by atoms with Crippen LogP contribution in [-0.2, 0) is 137 Å². The summed E-state index contributed by atoms with van der Waals surface area (Å²) in [6, 6.07) is 0. The molecule has 0 aliphatic heterocycles. The zero-order valence-corrected chi connectivity index (χ0v) is 20.5. The van der Waals surface area contributed by atoms with Crippen molar-refractivity contribution in [1.29, 1.82) is 0 Å². The second-order valence-corrected chi connectivity index (χ2v) is 5.29. The predicted molar refractivity (Wildman–Crippen MR) is 5.49 cm³/mol. The summed E-state index contributed by atoms with van der Waals surface area (Å²) in [5.74, 6) is 0. The first-order valence-electron chi connectivity index (χ1n) is 2.19. The average molecular weight is 688 g/mol. The summed E-state index contributed by atoms with van der Waals surface area (Å²) in [6.45, 7) is 0. The summed E-state index contributed by atoms with van der Waals surface area (Å²) in [5, 5.41) is 0. The average Bonchev–Trinajstić information content (AvgIpc) is 1.76. The Labute approximate surface area is 149 Å². The van der Waals surface area contributed by atoms with Gasteiger partial charge in [-0.25, -0.2) is 0 Å². The van der Waals surface area contributed by atoms with Crippen molar-refractivity contribution in [3.63, 3.8) is 0 Å². The number of rotatable bonds is 0. The van der Waals surface area contributed by atoms with Crippen LogP contribution in [0, 0.1) is 0 Å². The Kier molecular flexibility index (Phi) is 65.0. The molecule has 0 aliphatic rings. The molecule has 0 amide bonds. The molecule has 1 radical (unpaired) electrons. The smallest absolute Gasteiger partial charge is 2.00 e. The molecule has 0 fully saturated rings. The maximum absolute atomic E-state index is 8.60. The second-order valence-electron chi connectivity index (χ2n) is 0.894. The quantitative estimate of drug-likeness (QED) is 0.217. The van der Waals surface area contributed by atoms with Gasteiger partial charge >= 0.3 is 152 Å². The van der Waals surface area contributed by atoms with E-state index in [1.54, 1.807) is 0 Å². The van der Waals surface area contributed by atoms with Crippen molar-refractivity contribution in [3.05, 3.63) is 0 Å². The van der Waals surface area contributed by atoms with Gasteiger partial charge in [-0.1, -0.05) is 0 Å². The van der Waals surface area contributed by atoms with Crippen LogP contribution in [0.25, 0.3) is 0 Å². The van der Waals surface area contributed by atoms with E-state index in [1.165, 1.54) is 0 Å². The molecule has 18 heteroatoms. The van der Waals surface area contributed by atoms with Gasteiger partial charge in [0.15, 0.2) is 0 Å². The van der Waals surface area contributed by atoms with Crippen LogP contribution in [0.4, 0.5) is 0 Å². The Hall–Kier alpha value is 2.33. The topological polar surface area (TPSA) is 229 Å². The molecular weight excluding hydrogens is 688 g/mol. The Balaban J connectivity index is -0.0000000257. The van der Waals surface area contributed by atoms with Crippen molar-refractivity contribution >= 4 is 0 Å². The van der Waals surface area contributed by atoms with Gasteiger partial charge in [0.2, 0.25) is 0 Å². The molecule has 0 saturated carbocycles. The van der Waals surface area contributed by atoms with Gasteiger partial charge in [-0.2, -0.15) is 0 Å². The summed E-state index contributed by atoms with van der Waals surface area (Å²) in [6.07, 6.45) is 0. The van der Waals surface area contributed by atoms with E-state index in [-0.39, 0.29) is 36.3 Å².